The number of ether oxygens (including phenoxy) is 1. The van der Waals surface area contributed by atoms with Crippen molar-refractivity contribution in [2.24, 2.45) is 7.05 Å². The molecule has 2 aromatic heterocycles. The first-order valence-corrected chi connectivity index (χ1v) is 9.05. The highest BCUT2D eigenvalue weighted by Crippen LogP contribution is 2.30. The molecule has 0 spiro atoms. The second kappa shape index (κ2) is 7.67. The normalized spacial score (nSPS) is 15.7. The predicted molar refractivity (Wildman–Crippen MR) is 104 cm³/mol. The zero-order valence-electron chi connectivity index (χ0n) is 15.2. The van der Waals surface area contributed by atoms with Crippen LogP contribution in [0.5, 0.6) is 11.6 Å². The van der Waals surface area contributed by atoms with Crippen LogP contribution in [0.3, 0.4) is 0 Å². The number of aromatic hydroxyl groups is 1. The second-order valence-corrected chi connectivity index (χ2v) is 6.72. The van der Waals surface area contributed by atoms with E-state index in [4.69, 9.17) is 4.74 Å². The molecule has 0 aliphatic carbocycles. The van der Waals surface area contributed by atoms with Crippen molar-refractivity contribution in [1.82, 2.24) is 20.1 Å². The van der Waals surface area contributed by atoms with E-state index in [1.54, 1.807) is 16.8 Å². The summed E-state index contributed by atoms with van der Waals surface area (Å²) < 4.78 is 7.78. The summed E-state index contributed by atoms with van der Waals surface area (Å²) in [6.07, 6.45) is 6.55. The molecule has 1 atom stereocenters. The fourth-order valence-corrected chi connectivity index (χ4v) is 3.10. The van der Waals surface area contributed by atoms with Crippen molar-refractivity contribution in [3.8, 4) is 22.8 Å². The summed E-state index contributed by atoms with van der Waals surface area (Å²) in [6.45, 7) is 2.33. The van der Waals surface area contributed by atoms with Crippen molar-refractivity contribution in [2.75, 3.05) is 25.0 Å². The third-order valence-electron chi connectivity index (χ3n) is 4.59. The molecule has 1 aromatic carbocycles. The van der Waals surface area contributed by atoms with Gasteiger partial charge in [0.05, 0.1) is 18.4 Å². The number of phenols is 1. The summed E-state index contributed by atoms with van der Waals surface area (Å²) in [4.78, 5) is 4.47. The van der Waals surface area contributed by atoms with Gasteiger partial charge >= 0.3 is 0 Å². The number of pyridine rings is 1. The number of nitrogens with zero attached hydrogens (tertiary/aromatic N) is 3. The molecule has 0 saturated heterocycles. The number of benzene rings is 1. The molecule has 1 unspecified atom stereocenters. The Labute approximate surface area is 158 Å². The molecule has 0 bridgehead atoms. The van der Waals surface area contributed by atoms with Crippen LogP contribution < -0.4 is 15.4 Å². The number of nitrogens with one attached hydrogen (secondary N) is 2. The minimum Gasteiger partial charge on any atom is -0.508 e. The van der Waals surface area contributed by atoms with Crippen molar-refractivity contribution in [3.63, 3.8) is 0 Å². The summed E-state index contributed by atoms with van der Waals surface area (Å²) >= 11 is 0. The van der Waals surface area contributed by atoms with Gasteiger partial charge in [0.2, 0.25) is 5.88 Å². The van der Waals surface area contributed by atoms with Gasteiger partial charge in [0, 0.05) is 37.1 Å². The molecular formula is C20H23N5O2. The number of hydrogen-bond acceptors (Lipinski definition) is 6. The second-order valence-electron chi connectivity index (χ2n) is 6.72. The number of aryl methyl sites for hydroxylation is 1. The van der Waals surface area contributed by atoms with Crippen LogP contribution in [-0.4, -0.2) is 45.6 Å². The SMILES string of the molecule is Cn1cc(-c2cnc3c(c2)NCC(CNCCc2ccc(O)cc2)O3)cn1. The Morgan fingerprint density at radius 3 is 2.89 bits per heavy atom. The van der Waals surface area contributed by atoms with E-state index < -0.39 is 0 Å². The number of anilines is 1. The Kier molecular flexibility index (Phi) is 4.93. The number of aromatic nitrogens is 3. The maximum atomic E-state index is 9.31. The number of hydrogen-bond donors (Lipinski definition) is 3. The van der Waals surface area contributed by atoms with Gasteiger partial charge < -0.3 is 20.5 Å². The lowest BCUT2D eigenvalue weighted by Gasteiger charge is -2.27. The molecule has 7 nitrogen and oxygen atoms in total. The zero-order valence-corrected chi connectivity index (χ0v) is 15.2. The first-order valence-electron chi connectivity index (χ1n) is 9.05. The average Bonchev–Trinajstić information content (AvgIpc) is 3.12. The monoisotopic (exact) mass is 365 g/mol. The van der Waals surface area contributed by atoms with Crippen LogP contribution in [0.1, 0.15) is 5.56 Å². The summed E-state index contributed by atoms with van der Waals surface area (Å²) in [5, 5.41) is 20.3. The van der Waals surface area contributed by atoms with Gasteiger partial charge in [-0.15, -0.1) is 0 Å². The van der Waals surface area contributed by atoms with Gasteiger partial charge in [-0.2, -0.15) is 5.10 Å². The van der Waals surface area contributed by atoms with Crippen molar-refractivity contribution in [1.29, 1.82) is 0 Å². The molecule has 3 heterocycles. The van der Waals surface area contributed by atoms with E-state index >= 15 is 0 Å². The fourth-order valence-electron chi connectivity index (χ4n) is 3.10. The van der Waals surface area contributed by atoms with Crippen LogP contribution in [0.2, 0.25) is 0 Å². The molecule has 27 heavy (non-hydrogen) atoms. The van der Waals surface area contributed by atoms with Gasteiger partial charge in [0.25, 0.3) is 0 Å². The van der Waals surface area contributed by atoms with E-state index in [2.05, 4.69) is 20.7 Å². The van der Waals surface area contributed by atoms with Crippen molar-refractivity contribution in [3.05, 3.63) is 54.5 Å². The Bertz CT molecular complexity index is 907. The van der Waals surface area contributed by atoms with Gasteiger partial charge in [-0.25, -0.2) is 4.98 Å². The molecular weight excluding hydrogens is 342 g/mol. The minimum atomic E-state index is 0.0362. The molecule has 1 aliphatic heterocycles. The summed E-state index contributed by atoms with van der Waals surface area (Å²) in [5.74, 6) is 0.936. The number of rotatable bonds is 6. The zero-order chi connectivity index (χ0) is 18.6. The van der Waals surface area contributed by atoms with Crippen LogP contribution in [-0.2, 0) is 13.5 Å². The Hall–Kier alpha value is -3.06. The smallest absolute Gasteiger partial charge is 0.237 e. The van der Waals surface area contributed by atoms with Crippen molar-refractivity contribution < 1.29 is 9.84 Å². The maximum absolute atomic E-state index is 9.31. The van der Waals surface area contributed by atoms with Gasteiger partial charge in [0.1, 0.15) is 11.9 Å². The lowest BCUT2D eigenvalue weighted by atomic mass is 10.1. The maximum Gasteiger partial charge on any atom is 0.237 e. The van der Waals surface area contributed by atoms with Crippen LogP contribution in [0, 0.1) is 0 Å². The molecule has 0 radical (unpaired) electrons. The number of phenolic OH excluding ortho intramolecular Hbond substituents is 1. The van der Waals surface area contributed by atoms with E-state index in [1.807, 2.05) is 43.8 Å². The molecule has 140 valence electrons. The molecule has 0 saturated carbocycles. The van der Waals surface area contributed by atoms with Crippen molar-refractivity contribution >= 4 is 5.69 Å². The Morgan fingerprint density at radius 1 is 1.26 bits per heavy atom. The average molecular weight is 365 g/mol. The van der Waals surface area contributed by atoms with Gasteiger partial charge in [-0.05, 0) is 36.7 Å². The molecule has 1 aliphatic rings. The van der Waals surface area contributed by atoms with Crippen LogP contribution >= 0.6 is 0 Å². The van der Waals surface area contributed by atoms with Gasteiger partial charge in [-0.1, -0.05) is 12.1 Å². The van der Waals surface area contributed by atoms with E-state index in [0.29, 0.717) is 11.6 Å². The Balaban J connectivity index is 1.29. The third-order valence-corrected chi connectivity index (χ3v) is 4.59. The van der Waals surface area contributed by atoms with Crippen molar-refractivity contribution in [2.45, 2.75) is 12.5 Å². The lowest BCUT2D eigenvalue weighted by Crippen LogP contribution is -2.40. The van der Waals surface area contributed by atoms with Crippen LogP contribution in [0.4, 0.5) is 5.69 Å². The molecule has 7 heteroatoms. The largest absolute Gasteiger partial charge is 0.508 e. The molecule has 0 fully saturated rings. The quantitative estimate of drug-likeness (QED) is 0.581. The molecule has 0 amide bonds. The highest BCUT2D eigenvalue weighted by molar-refractivity contribution is 5.69. The standard InChI is InChI=1S/C20H23N5O2/c1-25-13-16(10-24-25)15-8-19-20(23-9-15)27-18(12-22-19)11-21-7-6-14-2-4-17(26)5-3-14/h2-5,8-10,13,18,21-22,26H,6-7,11-12H2,1H3. The van der Waals surface area contributed by atoms with E-state index in [1.165, 1.54) is 5.56 Å². The predicted octanol–water partition coefficient (Wildman–Crippen LogP) is 2.19. The highest BCUT2D eigenvalue weighted by atomic mass is 16.5. The van der Waals surface area contributed by atoms with Crippen LogP contribution in [0.25, 0.3) is 11.1 Å². The number of fused-ring (bicyclic) bond motifs is 1. The molecule has 3 aromatic rings. The highest BCUT2D eigenvalue weighted by Gasteiger charge is 2.20. The summed E-state index contributed by atoms with van der Waals surface area (Å²) in [6, 6.07) is 9.36. The summed E-state index contributed by atoms with van der Waals surface area (Å²) in [5.41, 5.74) is 4.16. The first kappa shape index (κ1) is 17.4. The fraction of sp³-hybridized carbons (Fsp3) is 0.300. The lowest BCUT2D eigenvalue weighted by molar-refractivity contribution is 0.194. The van der Waals surface area contributed by atoms with Gasteiger partial charge in [0.15, 0.2) is 0 Å². The third kappa shape index (κ3) is 4.20. The molecule has 4 rings (SSSR count). The van der Waals surface area contributed by atoms with E-state index in [-0.39, 0.29) is 6.10 Å². The van der Waals surface area contributed by atoms with E-state index in [0.717, 1.165) is 42.9 Å². The van der Waals surface area contributed by atoms with Crippen LogP contribution in [0.15, 0.2) is 48.9 Å². The topological polar surface area (TPSA) is 84.2 Å². The van der Waals surface area contributed by atoms with Gasteiger partial charge in [-0.3, -0.25) is 4.68 Å². The molecule has 3 N–H and O–H groups in total. The Morgan fingerprint density at radius 2 is 2.11 bits per heavy atom. The first-order chi connectivity index (χ1) is 13.2. The minimum absolute atomic E-state index is 0.0362. The van der Waals surface area contributed by atoms with E-state index in [9.17, 15) is 5.11 Å². The summed E-state index contributed by atoms with van der Waals surface area (Å²) in [7, 11) is 1.90.